The van der Waals surface area contributed by atoms with E-state index in [0.717, 1.165) is 36.3 Å². The summed E-state index contributed by atoms with van der Waals surface area (Å²) in [5.74, 6) is 0.323. The molecule has 0 radical (unpaired) electrons. The Hall–Kier alpha value is -1.06. The summed E-state index contributed by atoms with van der Waals surface area (Å²) >= 11 is 5.98. The maximum Gasteiger partial charge on any atom is 0.244 e. The molecule has 2 aliphatic carbocycles. The smallest absolute Gasteiger partial charge is 0.244 e. The normalized spacial score (nSPS) is 28.6. The van der Waals surface area contributed by atoms with Gasteiger partial charge in [0.2, 0.25) is 5.91 Å². The quantitative estimate of drug-likeness (QED) is 0.907. The molecule has 1 N–H and O–H groups in total. The highest BCUT2D eigenvalue weighted by molar-refractivity contribution is 6.30. The SMILES string of the molecule is O=C1N(C2CCCC2)C(c2ccc(Cl)cc2)NC12CC2. The fourth-order valence-corrected chi connectivity index (χ4v) is 3.81. The number of nitrogens with zero attached hydrogens (tertiary/aromatic N) is 1. The van der Waals surface area contributed by atoms with Crippen molar-refractivity contribution in [2.45, 2.75) is 56.3 Å². The largest absolute Gasteiger partial charge is 0.318 e. The van der Waals surface area contributed by atoms with Crippen molar-refractivity contribution >= 4 is 17.5 Å². The van der Waals surface area contributed by atoms with Gasteiger partial charge in [-0.1, -0.05) is 36.6 Å². The minimum Gasteiger partial charge on any atom is -0.318 e. The number of carbonyl (C=O) groups excluding carboxylic acids is 1. The van der Waals surface area contributed by atoms with Crippen LogP contribution in [0.2, 0.25) is 5.02 Å². The monoisotopic (exact) mass is 290 g/mol. The molecular weight excluding hydrogens is 272 g/mol. The summed E-state index contributed by atoms with van der Waals surface area (Å²) in [6, 6.07) is 8.31. The van der Waals surface area contributed by atoms with Gasteiger partial charge in [0.1, 0.15) is 11.7 Å². The summed E-state index contributed by atoms with van der Waals surface area (Å²) in [6.07, 6.45) is 6.79. The number of rotatable bonds is 2. The van der Waals surface area contributed by atoms with E-state index in [0.29, 0.717) is 11.9 Å². The van der Waals surface area contributed by atoms with Crippen molar-refractivity contribution in [3.63, 3.8) is 0 Å². The molecule has 1 aromatic carbocycles. The first-order valence-corrected chi connectivity index (χ1v) is 7.93. The molecule has 106 valence electrons. The minimum atomic E-state index is -0.243. The second-order valence-corrected chi connectivity index (χ2v) is 6.77. The number of carbonyl (C=O) groups is 1. The predicted octanol–water partition coefficient (Wildman–Crippen LogP) is 3.25. The Bertz CT molecular complexity index is 532. The van der Waals surface area contributed by atoms with Gasteiger partial charge in [0.15, 0.2) is 0 Å². The number of nitrogens with one attached hydrogen (secondary N) is 1. The average Bonchev–Trinajstić information content (AvgIpc) is 2.91. The molecule has 1 saturated heterocycles. The van der Waals surface area contributed by atoms with E-state index in [9.17, 15) is 4.79 Å². The number of benzene rings is 1. The molecule has 4 rings (SSSR count). The summed E-state index contributed by atoms with van der Waals surface area (Å²) in [5, 5.41) is 4.33. The van der Waals surface area contributed by atoms with Gasteiger partial charge in [-0.3, -0.25) is 10.1 Å². The zero-order valence-electron chi connectivity index (χ0n) is 11.4. The van der Waals surface area contributed by atoms with E-state index in [-0.39, 0.29) is 11.7 Å². The second kappa shape index (κ2) is 4.47. The van der Waals surface area contributed by atoms with E-state index >= 15 is 0 Å². The van der Waals surface area contributed by atoms with Crippen LogP contribution < -0.4 is 5.32 Å². The molecule has 4 heteroatoms. The van der Waals surface area contributed by atoms with Crippen LogP contribution in [0.15, 0.2) is 24.3 Å². The van der Waals surface area contributed by atoms with E-state index in [2.05, 4.69) is 10.2 Å². The molecule has 1 amide bonds. The van der Waals surface area contributed by atoms with Crippen LogP contribution in [0.3, 0.4) is 0 Å². The summed E-state index contributed by atoms with van der Waals surface area (Å²) in [6.45, 7) is 0. The van der Waals surface area contributed by atoms with E-state index in [1.165, 1.54) is 12.8 Å². The lowest BCUT2D eigenvalue weighted by molar-refractivity contribution is -0.133. The van der Waals surface area contributed by atoms with Gasteiger partial charge in [-0.2, -0.15) is 0 Å². The molecule has 1 unspecified atom stereocenters. The van der Waals surface area contributed by atoms with Gasteiger partial charge in [0.25, 0.3) is 0 Å². The van der Waals surface area contributed by atoms with Crippen LogP contribution in [-0.2, 0) is 4.79 Å². The summed E-state index contributed by atoms with van der Waals surface area (Å²) < 4.78 is 0. The summed E-state index contributed by atoms with van der Waals surface area (Å²) in [7, 11) is 0. The molecule has 0 aromatic heterocycles. The summed E-state index contributed by atoms with van der Waals surface area (Å²) in [4.78, 5) is 14.9. The van der Waals surface area contributed by atoms with Gasteiger partial charge in [-0.05, 0) is 43.4 Å². The zero-order valence-corrected chi connectivity index (χ0v) is 12.2. The molecule has 0 bridgehead atoms. The van der Waals surface area contributed by atoms with Crippen LogP contribution in [0.5, 0.6) is 0 Å². The Morgan fingerprint density at radius 3 is 2.40 bits per heavy atom. The van der Waals surface area contributed by atoms with Crippen LogP contribution >= 0.6 is 11.6 Å². The van der Waals surface area contributed by atoms with E-state index in [1.54, 1.807) is 0 Å². The van der Waals surface area contributed by atoms with Crippen molar-refractivity contribution in [2.75, 3.05) is 0 Å². The highest BCUT2D eigenvalue weighted by Gasteiger charge is 2.60. The van der Waals surface area contributed by atoms with Gasteiger partial charge in [0.05, 0.1) is 0 Å². The first-order valence-electron chi connectivity index (χ1n) is 7.56. The number of hydrogen-bond donors (Lipinski definition) is 1. The van der Waals surface area contributed by atoms with Gasteiger partial charge < -0.3 is 4.90 Å². The lowest BCUT2D eigenvalue weighted by Gasteiger charge is -2.30. The average molecular weight is 291 g/mol. The molecule has 1 atom stereocenters. The van der Waals surface area contributed by atoms with Crippen LogP contribution in [-0.4, -0.2) is 22.4 Å². The highest BCUT2D eigenvalue weighted by atomic mass is 35.5. The lowest BCUT2D eigenvalue weighted by atomic mass is 10.1. The molecule has 1 aromatic rings. The topological polar surface area (TPSA) is 32.3 Å². The third-order valence-corrected chi connectivity index (χ3v) is 5.24. The zero-order chi connectivity index (χ0) is 13.7. The van der Waals surface area contributed by atoms with Crippen molar-refractivity contribution in [1.29, 1.82) is 0 Å². The molecular formula is C16H19ClN2O. The van der Waals surface area contributed by atoms with E-state index in [1.807, 2.05) is 24.3 Å². The van der Waals surface area contributed by atoms with Crippen molar-refractivity contribution < 1.29 is 4.79 Å². The Morgan fingerprint density at radius 1 is 1.15 bits per heavy atom. The Labute approximate surface area is 124 Å². The predicted molar refractivity (Wildman–Crippen MR) is 78.4 cm³/mol. The molecule has 1 heterocycles. The summed E-state index contributed by atoms with van der Waals surface area (Å²) in [5.41, 5.74) is 0.908. The third-order valence-electron chi connectivity index (χ3n) is 4.99. The van der Waals surface area contributed by atoms with Crippen molar-refractivity contribution in [1.82, 2.24) is 10.2 Å². The fourth-order valence-electron chi connectivity index (χ4n) is 3.69. The Morgan fingerprint density at radius 2 is 1.80 bits per heavy atom. The van der Waals surface area contributed by atoms with Crippen LogP contribution in [0, 0.1) is 0 Å². The number of hydrogen-bond acceptors (Lipinski definition) is 2. The Kier molecular flexibility index (Phi) is 2.83. The maximum atomic E-state index is 12.8. The number of halogens is 1. The molecule has 1 spiro atoms. The Balaban J connectivity index is 1.68. The van der Waals surface area contributed by atoms with Gasteiger partial charge in [-0.25, -0.2) is 0 Å². The van der Waals surface area contributed by atoms with Gasteiger partial charge in [0, 0.05) is 11.1 Å². The van der Waals surface area contributed by atoms with Crippen molar-refractivity contribution in [2.24, 2.45) is 0 Å². The van der Waals surface area contributed by atoms with Crippen LogP contribution in [0.4, 0.5) is 0 Å². The fraction of sp³-hybridized carbons (Fsp3) is 0.562. The molecule has 3 fully saturated rings. The van der Waals surface area contributed by atoms with Gasteiger partial charge >= 0.3 is 0 Å². The minimum absolute atomic E-state index is 0.0327. The lowest BCUT2D eigenvalue weighted by Crippen LogP contribution is -2.39. The highest BCUT2D eigenvalue weighted by Crippen LogP contribution is 2.48. The van der Waals surface area contributed by atoms with Crippen LogP contribution in [0.1, 0.15) is 50.3 Å². The standard InChI is InChI=1S/C16H19ClN2O/c17-12-7-5-11(6-8-12)14-18-16(9-10-16)15(20)19(14)13-3-1-2-4-13/h5-8,13-14,18H,1-4,9-10H2. The van der Waals surface area contributed by atoms with Crippen molar-refractivity contribution in [3.8, 4) is 0 Å². The number of amides is 1. The first kappa shape index (κ1) is 12.7. The van der Waals surface area contributed by atoms with Crippen molar-refractivity contribution in [3.05, 3.63) is 34.9 Å². The molecule has 1 aliphatic heterocycles. The first-order chi connectivity index (χ1) is 9.70. The molecule has 3 nitrogen and oxygen atoms in total. The molecule has 3 aliphatic rings. The molecule has 2 saturated carbocycles. The van der Waals surface area contributed by atoms with Gasteiger partial charge in [-0.15, -0.1) is 0 Å². The molecule has 20 heavy (non-hydrogen) atoms. The third kappa shape index (κ3) is 1.87. The second-order valence-electron chi connectivity index (χ2n) is 6.33. The maximum absolute atomic E-state index is 12.8. The van der Waals surface area contributed by atoms with E-state index in [4.69, 9.17) is 11.6 Å². The van der Waals surface area contributed by atoms with Crippen LogP contribution in [0.25, 0.3) is 0 Å². The van der Waals surface area contributed by atoms with E-state index < -0.39 is 0 Å².